The Kier molecular flexibility index (Phi) is 2.92. The summed E-state index contributed by atoms with van der Waals surface area (Å²) in [5.41, 5.74) is 3.55. The normalized spacial score (nSPS) is 15.4. The number of nitrogens with zero attached hydrogens (tertiary/aromatic N) is 1. The lowest BCUT2D eigenvalue weighted by Crippen LogP contribution is -2.23. The predicted molar refractivity (Wildman–Crippen MR) is 79.4 cm³/mol. The number of rotatable bonds is 2. The van der Waals surface area contributed by atoms with Gasteiger partial charge in [0, 0.05) is 16.7 Å². The molecule has 1 atom stereocenters. The Hall–Kier alpha value is -2.39. The first-order valence-corrected chi connectivity index (χ1v) is 6.51. The summed E-state index contributed by atoms with van der Waals surface area (Å²) in [4.78, 5) is 14.1. The molecule has 1 amide bonds. The summed E-state index contributed by atoms with van der Waals surface area (Å²) in [6, 6.07) is 14.8. The summed E-state index contributed by atoms with van der Waals surface area (Å²) < 4.78 is 0. The van der Waals surface area contributed by atoms with Crippen LogP contribution in [0, 0.1) is 0 Å². The van der Waals surface area contributed by atoms with Crippen LogP contribution in [0.2, 0.25) is 0 Å². The molecule has 0 aliphatic carbocycles. The Labute approximate surface area is 117 Å². The van der Waals surface area contributed by atoms with Crippen molar-refractivity contribution in [1.82, 2.24) is 0 Å². The molecule has 0 aromatic heterocycles. The third-order valence-electron chi connectivity index (χ3n) is 3.57. The van der Waals surface area contributed by atoms with Crippen molar-refractivity contribution in [2.24, 2.45) is 0 Å². The van der Waals surface area contributed by atoms with Gasteiger partial charge in [-0.05, 0) is 19.1 Å². The second-order valence-electron chi connectivity index (χ2n) is 4.87. The fourth-order valence-corrected chi connectivity index (χ4v) is 2.58. The van der Waals surface area contributed by atoms with Crippen LogP contribution in [0.5, 0.6) is 0 Å². The molecule has 0 radical (unpaired) electrons. The lowest BCUT2D eigenvalue weighted by molar-refractivity contribution is 0.101. The van der Waals surface area contributed by atoms with E-state index in [0.717, 1.165) is 11.1 Å². The Morgan fingerprint density at radius 2 is 1.65 bits per heavy atom. The Morgan fingerprint density at radius 3 is 2.30 bits per heavy atom. The van der Waals surface area contributed by atoms with E-state index >= 15 is 0 Å². The monoisotopic (exact) mass is 265 g/mol. The molecule has 1 heterocycles. The molecular formula is C17H15NO2. The van der Waals surface area contributed by atoms with Crippen molar-refractivity contribution >= 4 is 17.3 Å². The van der Waals surface area contributed by atoms with Crippen LogP contribution in [0.25, 0.3) is 5.70 Å². The van der Waals surface area contributed by atoms with Crippen molar-refractivity contribution in [3.8, 4) is 0 Å². The fraction of sp³-hybridized carbons (Fsp3) is 0.118. The maximum atomic E-state index is 12.6. The summed E-state index contributed by atoms with van der Waals surface area (Å²) in [6.07, 6.45) is -0.643. The third-order valence-corrected chi connectivity index (χ3v) is 3.57. The fourth-order valence-electron chi connectivity index (χ4n) is 2.58. The Morgan fingerprint density at radius 1 is 1.05 bits per heavy atom. The number of aliphatic hydroxyl groups is 1. The van der Waals surface area contributed by atoms with E-state index in [9.17, 15) is 9.90 Å². The maximum Gasteiger partial charge on any atom is 0.263 e. The molecule has 2 aromatic carbocycles. The van der Waals surface area contributed by atoms with Crippen molar-refractivity contribution in [3.63, 3.8) is 0 Å². The highest BCUT2D eigenvalue weighted by atomic mass is 16.3. The zero-order valence-corrected chi connectivity index (χ0v) is 11.2. The highest BCUT2D eigenvalue weighted by molar-refractivity contribution is 6.22. The molecule has 1 N–H and O–H groups in total. The second-order valence-corrected chi connectivity index (χ2v) is 4.87. The van der Waals surface area contributed by atoms with Crippen LogP contribution < -0.4 is 4.90 Å². The number of benzene rings is 2. The predicted octanol–water partition coefficient (Wildman–Crippen LogP) is 3.37. The average Bonchev–Trinajstić information content (AvgIpc) is 2.71. The molecule has 0 spiro atoms. The SMILES string of the molecule is C=C1c2ccccc2C(=O)N1c1ccccc1C(C)O. The zero-order valence-electron chi connectivity index (χ0n) is 11.2. The lowest BCUT2D eigenvalue weighted by Gasteiger charge is -2.22. The molecule has 1 aliphatic heterocycles. The van der Waals surface area contributed by atoms with Crippen LogP contribution >= 0.6 is 0 Å². The molecule has 3 nitrogen and oxygen atoms in total. The van der Waals surface area contributed by atoms with Crippen LogP contribution in [-0.4, -0.2) is 11.0 Å². The van der Waals surface area contributed by atoms with Gasteiger partial charge in [-0.2, -0.15) is 0 Å². The number of anilines is 1. The minimum absolute atomic E-state index is 0.0984. The topological polar surface area (TPSA) is 40.5 Å². The van der Waals surface area contributed by atoms with Crippen molar-refractivity contribution in [2.45, 2.75) is 13.0 Å². The first-order chi connectivity index (χ1) is 9.61. The quantitative estimate of drug-likeness (QED) is 0.904. The number of fused-ring (bicyclic) bond motifs is 1. The van der Waals surface area contributed by atoms with Crippen molar-refractivity contribution in [1.29, 1.82) is 0 Å². The van der Waals surface area contributed by atoms with Crippen molar-refractivity contribution in [3.05, 3.63) is 71.8 Å². The lowest BCUT2D eigenvalue weighted by atomic mass is 10.1. The first-order valence-electron chi connectivity index (χ1n) is 6.51. The van der Waals surface area contributed by atoms with E-state index in [-0.39, 0.29) is 5.91 Å². The highest BCUT2D eigenvalue weighted by Gasteiger charge is 2.33. The molecule has 3 heteroatoms. The van der Waals surface area contributed by atoms with Gasteiger partial charge in [-0.15, -0.1) is 0 Å². The van der Waals surface area contributed by atoms with Gasteiger partial charge in [-0.1, -0.05) is 43.0 Å². The average molecular weight is 265 g/mol. The number of aliphatic hydroxyl groups excluding tert-OH is 1. The summed E-state index contributed by atoms with van der Waals surface area (Å²) in [7, 11) is 0. The molecule has 0 bridgehead atoms. The third kappa shape index (κ3) is 1.75. The van der Waals surface area contributed by atoms with Crippen molar-refractivity contribution in [2.75, 3.05) is 4.90 Å². The summed E-state index contributed by atoms with van der Waals surface area (Å²) in [5, 5.41) is 9.89. The van der Waals surface area contributed by atoms with Crippen molar-refractivity contribution < 1.29 is 9.90 Å². The summed E-state index contributed by atoms with van der Waals surface area (Å²) in [5.74, 6) is -0.0984. The van der Waals surface area contributed by atoms with Gasteiger partial charge in [0.25, 0.3) is 5.91 Å². The Bertz CT molecular complexity index is 669. The van der Waals surface area contributed by atoms with Gasteiger partial charge in [0.05, 0.1) is 17.5 Å². The van der Waals surface area contributed by atoms with Gasteiger partial charge in [0.15, 0.2) is 0 Å². The van der Waals surface area contributed by atoms with E-state index in [1.54, 1.807) is 17.9 Å². The minimum atomic E-state index is -0.643. The van der Waals surface area contributed by atoms with E-state index in [0.29, 0.717) is 16.9 Å². The largest absolute Gasteiger partial charge is 0.389 e. The molecule has 1 aliphatic rings. The van der Waals surface area contributed by atoms with Crippen LogP contribution in [0.15, 0.2) is 55.1 Å². The van der Waals surface area contributed by atoms with Crippen LogP contribution in [0.4, 0.5) is 5.69 Å². The van der Waals surface area contributed by atoms with E-state index < -0.39 is 6.10 Å². The number of carbonyl (C=O) groups excluding carboxylic acids is 1. The summed E-state index contributed by atoms with van der Waals surface area (Å²) >= 11 is 0. The molecule has 1 unspecified atom stereocenters. The smallest absolute Gasteiger partial charge is 0.263 e. The van der Waals surface area contributed by atoms with Crippen LogP contribution in [0.1, 0.15) is 34.5 Å². The number of carbonyl (C=O) groups is 1. The van der Waals surface area contributed by atoms with Gasteiger partial charge in [-0.25, -0.2) is 0 Å². The molecule has 0 saturated heterocycles. The van der Waals surface area contributed by atoms with Crippen LogP contribution in [-0.2, 0) is 0 Å². The van der Waals surface area contributed by atoms with Gasteiger partial charge in [-0.3, -0.25) is 9.69 Å². The first kappa shape index (κ1) is 12.6. The van der Waals surface area contributed by atoms with E-state index in [4.69, 9.17) is 0 Å². The van der Waals surface area contributed by atoms with Gasteiger partial charge < -0.3 is 5.11 Å². The van der Waals surface area contributed by atoms with Gasteiger partial charge in [0.1, 0.15) is 0 Å². The zero-order chi connectivity index (χ0) is 14.3. The molecular weight excluding hydrogens is 250 g/mol. The molecule has 2 aromatic rings. The number of hydrogen-bond acceptors (Lipinski definition) is 2. The van der Waals surface area contributed by atoms with Gasteiger partial charge in [0.2, 0.25) is 0 Å². The molecule has 3 rings (SSSR count). The Balaban J connectivity index is 2.15. The number of para-hydroxylation sites is 1. The maximum absolute atomic E-state index is 12.6. The number of hydrogen-bond donors (Lipinski definition) is 1. The standard InChI is InChI=1S/C17H15NO2/c1-11-13-7-3-4-9-15(13)17(20)18(11)16-10-6-5-8-14(16)12(2)19/h3-10,12,19H,1H2,2H3. The minimum Gasteiger partial charge on any atom is -0.389 e. The van der Waals surface area contributed by atoms with Crippen LogP contribution in [0.3, 0.4) is 0 Å². The summed E-state index contributed by atoms with van der Waals surface area (Å²) in [6.45, 7) is 5.72. The number of amides is 1. The molecule has 0 saturated carbocycles. The van der Waals surface area contributed by atoms with Gasteiger partial charge >= 0.3 is 0 Å². The van der Waals surface area contributed by atoms with E-state index in [1.807, 2.05) is 42.5 Å². The molecule has 100 valence electrons. The van der Waals surface area contributed by atoms with E-state index in [2.05, 4.69) is 6.58 Å². The van der Waals surface area contributed by atoms with E-state index in [1.165, 1.54) is 0 Å². The molecule has 0 fully saturated rings. The highest BCUT2D eigenvalue weighted by Crippen LogP contribution is 2.38. The second kappa shape index (κ2) is 4.62. The molecule has 20 heavy (non-hydrogen) atoms.